The standard InChI is InChI=1S/C7H14O3/c1-7(2)6(8-3)9-4-5-10-7/h6H,4-5H2,1-3H3. The van der Waals surface area contributed by atoms with Crippen LogP contribution in [0.3, 0.4) is 0 Å². The van der Waals surface area contributed by atoms with Crippen molar-refractivity contribution < 1.29 is 14.2 Å². The number of methoxy groups -OCH3 is 1. The van der Waals surface area contributed by atoms with E-state index in [9.17, 15) is 0 Å². The van der Waals surface area contributed by atoms with Crippen LogP contribution in [0, 0.1) is 0 Å². The van der Waals surface area contributed by atoms with Gasteiger partial charge in [-0.25, -0.2) is 0 Å². The molecule has 60 valence electrons. The van der Waals surface area contributed by atoms with Gasteiger partial charge in [0.15, 0.2) is 6.29 Å². The van der Waals surface area contributed by atoms with Crippen molar-refractivity contribution in [3.63, 3.8) is 0 Å². The fraction of sp³-hybridized carbons (Fsp3) is 1.00. The molecule has 1 rings (SSSR count). The van der Waals surface area contributed by atoms with E-state index in [4.69, 9.17) is 14.2 Å². The number of ether oxygens (including phenoxy) is 3. The van der Waals surface area contributed by atoms with Gasteiger partial charge in [0.25, 0.3) is 0 Å². The monoisotopic (exact) mass is 146 g/mol. The first-order valence-corrected chi connectivity index (χ1v) is 3.45. The molecule has 3 heteroatoms. The molecule has 3 nitrogen and oxygen atoms in total. The third-order valence-electron chi connectivity index (χ3n) is 1.61. The molecule has 0 amide bonds. The van der Waals surface area contributed by atoms with E-state index in [0.29, 0.717) is 13.2 Å². The van der Waals surface area contributed by atoms with Crippen LogP contribution < -0.4 is 0 Å². The van der Waals surface area contributed by atoms with Gasteiger partial charge >= 0.3 is 0 Å². The van der Waals surface area contributed by atoms with Crippen LogP contribution in [0.25, 0.3) is 0 Å². The summed E-state index contributed by atoms with van der Waals surface area (Å²) in [6, 6.07) is 0. The summed E-state index contributed by atoms with van der Waals surface area (Å²) >= 11 is 0. The summed E-state index contributed by atoms with van der Waals surface area (Å²) in [6.07, 6.45) is -0.221. The maximum absolute atomic E-state index is 5.42. The first kappa shape index (κ1) is 7.98. The second-order valence-electron chi connectivity index (χ2n) is 2.89. The summed E-state index contributed by atoms with van der Waals surface area (Å²) in [5.41, 5.74) is -0.299. The van der Waals surface area contributed by atoms with E-state index in [0.717, 1.165) is 0 Å². The van der Waals surface area contributed by atoms with Crippen molar-refractivity contribution in [3.8, 4) is 0 Å². The van der Waals surface area contributed by atoms with Crippen LogP contribution in [-0.2, 0) is 14.2 Å². The number of hydrogen-bond donors (Lipinski definition) is 0. The Morgan fingerprint density at radius 2 is 2.10 bits per heavy atom. The highest BCUT2D eigenvalue weighted by Crippen LogP contribution is 2.21. The van der Waals surface area contributed by atoms with Crippen molar-refractivity contribution in [1.29, 1.82) is 0 Å². The van der Waals surface area contributed by atoms with Gasteiger partial charge in [-0.15, -0.1) is 0 Å². The molecule has 1 unspecified atom stereocenters. The molecule has 0 N–H and O–H groups in total. The van der Waals surface area contributed by atoms with Gasteiger partial charge in [0.2, 0.25) is 0 Å². The summed E-state index contributed by atoms with van der Waals surface area (Å²) in [5.74, 6) is 0. The second kappa shape index (κ2) is 2.86. The predicted molar refractivity (Wildman–Crippen MR) is 36.8 cm³/mol. The molecule has 1 fully saturated rings. The van der Waals surface area contributed by atoms with Crippen molar-refractivity contribution >= 4 is 0 Å². The van der Waals surface area contributed by atoms with Gasteiger partial charge in [-0.1, -0.05) is 0 Å². The minimum atomic E-state index is -0.299. The molecule has 1 aliphatic heterocycles. The van der Waals surface area contributed by atoms with E-state index >= 15 is 0 Å². The Bertz CT molecular complexity index is 111. The van der Waals surface area contributed by atoms with Crippen molar-refractivity contribution in [2.45, 2.75) is 25.7 Å². The van der Waals surface area contributed by atoms with Crippen LogP contribution in [-0.4, -0.2) is 32.2 Å². The molecule has 0 aromatic heterocycles. The molecule has 0 spiro atoms. The van der Waals surface area contributed by atoms with Crippen LogP contribution >= 0.6 is 0 Å². The van der Waals surface area contributed by atoms with E-state index in [2.05, 4.69) is 0 Å². The minimum Gasteiger partial charge on any atom is -0.368 e. The van der Waals surface area contributed by atoms with Crippen molar-refractivity contribution in [2.24, 2.45) is 0 Å². The maximum atomic E-state index is 5.42. The molecule has 1 atom stereocenters. The highest BCUT2D eigenvalue weighted by atomic mass is 16.7. The zero-order chi connectivity index (χ0) is 7.61. The molecular weight excluding hydrogens is 132 g/mol. The number of rotatable bonds is 1. The average Bonchev–Trinajstić information content (AvgIpc) is 1.87. The third kappa shape index (κ3) is 1.48. The molecule has 0 radical (unpaired) electrons. The summed E-state index contributed by atoms with van der Waals surface area (Å²) < 4.78 is 15.8. The lowest BCUT2D eigenvalue weighted by molar-refractivity contribution is -0.274. The molecule has 0 aromatic carbocycles. The van der Waals surface area contributed by atoms with Crippen LogP contribution in [0.1, 0.15) is 13.8 Å². The third-order valence-corrected chi connectivity index (χ3v) is 1.61. The number of hydrogen-bond acceptors (Lipinski definition) is 3. The van der Waals surface area contributed by atoms with Crippen molar-refractivity contribution in [2.75, 3.05) is 20.3 Å². The van der Waals surface area contributed by atoms with Gasteiger partial charge in [-0.05, 0) is 13.8 Å². The Morgan fingerprint density at radius 1 is 1.40 bits per heavy atom. The first-order chi connectivity index (χ1) is 4.67. The topological polar surface area (TPSA) is 27.7 Å². The van der Waals surface area contributed by atoms with E-state index in [1.807, 2.05) is 13.8 Å². The molecule has 1 heterocycles. The Hall–Kier alpha value is -0.120. The quantitative estimate of drug-likeness (QED) is 0.547. The SMILES string of the molecule is COC1OCCOC1(C)C. The minimum absolute atomic E-state index is 0.221. The maximum Gasteiger partial charge on any atom is 0.185 e. The Labute approximate surface area is 61.3 Å². The Morgan fingerprint density at radius 3 is 2.50 bits per heavy atom. The van der Waals surface area contributed by atoms with Crippen LogP contribution in [0.15, 0.2) is 0 Å². The molecule has 0 saturated carbocycles. The van der Waals surface area contributed by atoms with E-state index in [1.54, 1.807) is 7.11 Å². The molecular formula is C7H14O3. The average molecular weight is 146 g/mol. The normalized spacial score (nSPS) is 32.1. The van der Waals surface area contributed by atoms with E-state index in [1.165, 1.54) is 0 Å². The van der Waals surface area contributed by atoms with Gasteiger partial charge in [0.1, 0.15) is 5.60 Å². The molecule has 1 aliphatic rings. The largest absolute Gasteiger partial charge is 0.368 e. The van der Waals surface area contributed by atoms with Gasteiger partial charge in [-0.3, -0.25) is 0 Å². The molecule has 10 heavy (non-hydrogen) atoms. The fourth-order valence-corrected chi connectivity index (χ4v) is 1.08. The summed E-state index contributed by atoms with van der Waals surface area (Å²) in [5, 5.41) is 0. The van der Waals surface area contributed by atoms with Crippen LogP contribution in [0.5, 0.6) is 0 Å². The molecule has 0 bridgehead atoms. The molecule has 0 aromatic rings. The predicted octanol–water partition coefficient (Wildman–Crippen LogP) is 0.784. The van der Waals surface area contributed by atoms with Crippen LogP contribution in [0.4, 0.5) is 0 Å². The highest BCUT2D eigenvalue weighted by molar-refractivity contribution is 4.75. The van der Waals surface area contributed by atoms with Gasteiger partial charge < -0.3 is 14.2 Å². The lowest BCUT2D eigenvalue weighted by Gasteiger charge is -2.36. The summed E-state index contributed by atoms with van der Waals surface area (Å²) in [6.45, 7) is 5.20. The summed E-state index contributed by atoms with van der Waals surface area (Å²) in [4.78, 5) is 0. The van der Waals surface area contributed by atoms with Crippen molar-refractivity contribution in [3.05, 3.63) is 0 Å². The zero-order valence-corrected chi connectivity index (χ0v) is 6.72. The van der Waals surface area contributed by atoms with Gasteiger partial charge in [0, 0.05) is 7.11 Å². The van der Waals surface area contributed by atoms with Gasteiger partial charge in [-0.2, -0.15) is 0 Å². The smallest absolute Gasteiger partial charge is 0.185 e. The Balaban J connectivity index is 2.51. The lowest BCUT2D eigenvalue weighted by atomic mass is 10.1. The first-order valence-electron chi connectivity index (χ1n) is 3.45. The molecule has 1 saturated heterocycles. The lowest BCUT2D eigenvalue weighted by Crippen LogP contribution is -2.47. The van der Waals surface area contributed by atoms with Gasteiger partial charge in [0.05, 0.1) is 13.2 Å². The zero-order valence-electron chi connectivity index (χ0n) is 6.72. The fourth-order valence-electron chi connectivity index (χ4n) is 1.08. The van der Waals surface area contributed by atoms with Crippen LogP contribution in [0.2, 0.25) is 0 Å². The second-order valence-corrected chi connectivity index (χ2v) is 2.89. The highest BCUT2D eigenvalue weighted by Gasteiger charge is 2.34. The summed E-state index contributed by atoms with van der Waals surface area (Å²) in [7, 11) is 1.63. The van der Waals surface area contributed by atoms with E-state index in [-0.39, 0.29) is 11.9 Å². The van der Waals surface area contributed by atoms with Crippen molar-refractivity contribution in [1.82, 2.24) is 0 Å². The molecule has 0 aliphatic carbocycles. The van der Waals surface area contributed by atoms with E-state index < -0.39 is 0 Å². The Kier molecular flexibility index (Phi) is 2.28.